The number of hydrogen-bond donors (Lipinski definition) is 0. The molecule has 0 nitrogen and oxygen atoms in total. The zero-order valence-corrected chi connectivity index (χ0v) is 53.0. The van der Waals surface area contributed by atoms with Crippen molar-refractivity contribution in [3.05, 3.63) is 228 Å². The third-order valence-electron chi connectivity index (χ3n) is 14.9. The first kappa shape index (κ1) is 58.8. The Morgan fingerprint density at radius 2 is 0.795 bits per heavy atom. The van der Waals surface area contributed by atoms with Crippen LogP contribution in [0.25, 0.3) is 77.2 Å². The van der Waals surface area contributed by atoms with Gasteiger partial charge in [0.2, 0.25) is 0 Å². The summed E-state index contributed by atoms with van der Waals surface area (Å²) in [6.45, 7) is 27.6. The summed E-state index contributed by atoms with van der Waals surface area (Å²) in [5.41, 5.74) is 22.0. The minimum absolute atomic E-state index is 0.507. The Labute approximate surface area is 489 Å². The van der Waals surface area contributed by atoms with Crippen molar-refractivity contribution < 1.29 is 20.8 Å². The maximum Gasteiger partial charge on any atom is 0.0920 e. The van der Waals surface area contributed by atoms with Crippen LogP contribution in [0.15, 0.2) is 188 Å². The van der Waals surface area contributed by atoms with E-state index in [0.29, 0.717) is 35.5 Å². The number of rotatable bonds is 12. The summed E-state index contributed by atoms with van der Waals surface area (Å²) in [4.78, 5) is 0. The van der Waals surface area contributed by atoms with Crippen molar-refractivity contribution in [2.24, 2.45) is 11.8 Å². The Kier molecular flexibility index (Phi) is 20.5. The first-order valence-corrected chi connectivity index (χ1v) is 35.6. The van der Waals surface area contributed by atoms with E-state index in [9.17, 15) is 0 Å². The van der Waals surface area contributed by atoms with Crippen molar-refractivity contribution >= 4 is 58.5 Å². The van der Waals surface area contributed by atoms with Crippen LogP contribution in [-0.4, -0.2) is 9.52 Å². The quantitative estimate of drug-likeness (QED) is 0.0845. The van der Waals surface area contributed by atoms with E-state index >= 15 is 0 Å². The van der Waals surface area contributed by atoms with Gasteiger partial charge in [0.25, 0.3) is 0 Å². The molecular weight excluding hydrogens is 1080 g/mol. The molecule has 0 saturated carbocycles. The molecule has 1 aliphatic heterocycles. The predicted octanol–water partition coefficient (Wildman–Crippen LogP) is 21.2. The number of halogens is 2. The Morgan fingerprint density at radius 3 is 1.19 bits per heavy atom. The molecule has 0 unspecified atom stereocenters. The average Bonchev–Trinajstić information content (AvgIpc) is 4.18. The fourth-order valence-corrected chi connectivity index (χ4v) is 12.2. The Morgan fingerprint density at radius 1 is 0.410 bits per heavy atom. The van der Waals surface area contributed by atoms with Crippen LogP contribution in [0.5, 0.6) is 0 Å². The molecule has 0 spiro atoms. The molecule has 1 aliphatic rings. The second-order valence-electron chi connectivity index (χ2n) is 23.2. The van der Waals surface area contributed by atoms with Crippen molar-refractivity contribution in [3.63, 3.8) is 0 Å². The van der Waals surface area contributed by atoms with E-state index in [1.165, 1.54) is 121 Å². The number of hydrogen-bond acceptors (Lipinski definition) is 0. The largest absolute Gasteiger partial charge is 0.184 e. The first-order chi connectivity index (χ1) is 37.5. The monoisotopic (exact) mass is 1150 g/mol. The minimum atomic E-state index is -0.826. The number of benzene rings is 8. The van der Waals surface area contributed by atoms with Crippen LogP contribution in [0.1, 0.15) is 140 Å². The molecular formula is C74H77Cl2SiZr-3. The fraction of sp³-hybridized carbons (Fsp3) is 0.270. The topological polar surface area (TPSA) is 0 Å². The zero-order valence-electron chi connectivity index (χ0n) is 48.0. The van der Waals surface area contributed by atoms with Gasteiger partial charge in [-0.2, -0.15) is 41.6 Å². The molecule has 78 heavy (non-hydrogen) atoms. The molecule has 11 rings (SSSR count). The van der Waals surface area contributed by atoms with Crippen LogP contribution < -0.4 is 10.4 Å². The smallest absolute Gasteiger partial charge is 0.0920 e. The van der Waals surface area contributed by atoms with Crippen molar-refractivity contribution in [2.45, 2.75) is 120 Å². The van der Waals surface area contributed by atoms with E-state index in [1.54, 1.807) is 0 Å². The molecule has 10 aromatic carbocycles. The summed E-state index contributed by atoms with van der Waals surface area (Å²) in [6.07, 6.45) is 2.25. The van der Waals surface area contributed by atoms with Gasteiger partial charge in [0, 0.05) is 0 Å². The van der Waals surface area contributed by atoms with Gasteiger partial charge >= 0.3 is 37.9 Å². The van der Waals surface area contributed by atoms with Gasteiger partial charge < -0.3 is 0 Å². The molecule has 2 radical (unpaired) electrons. The standard InChI is InChI=1S/2C31H35.C12H7Si.2ClH.Zr/c2*1-20(2)14-23-15-25-12-13-29(24-10-8-7-9-11-24)31(30(25)16-23)28-18-26(21(3)4)17-27(19-28)22(5)6;1-3-7-11-9(5-1)10-6-2-4-8-12(10)13-11;;;/h2*7-13,15-22H,14H2,1-6H3;1-7H;2*1H;/q3*-1;;;+2/p-2. The van der Waals surface area contributed by atoms with Gasteiger partial charge in [0.15, 0.2) is 0 Å². The predicted molar refractivity (Wildman–Crippen MR) is 342 cm³/mol. The van der Waals surface area contributed by atoms with Crippen molar-refractivity contribution in [2.75, 3.05) is 0 Å². The van der Waals surface area contributed by atoms with Crippen molar-refractivity contribution in [3.8, 4) is 55.6 Å². The summed E-state index contributed by atoms with van der Waals surface area (Å²) in [6, 6.07) is 73.3. The molecule has 4 heteroatoms. The molecule has 0 aliphatic carbocycles. The SMILES string of the molecule is CC(C)Cc1cc2c(-c3cc(C(C)C)cc(C(C)C)c3)c(-c3ccccc3)ccc2[cH-]1.CC(C)Cc1cc2c(-c3cc(C(C)C)cc(C(C)C)c3)c(-c3ccccc3)ccc2[cH-]1.[Cl][Zr][Cl].[c-]1cccc2c1[Si]c1ccccc1-2. The molecule has 0 amide bonds. The van der Waals surface area contributed by atoms with E-state index in [0.717, 1.165) is 22.4 Å². The minimum Gasteiger partial charge on any atom is -0.184 e. The summed E-state index contributed by atoms with van der Waals surface area (Å²) < 4.78 is 0. The van der Waals surface area contributed by atoms with Crippen LogP contribution >= 0.6 is 17.0 Å². The second kappa shape index (κ2) is 27.2. The first-order valence-electron chi connectivity index (χ1n) is 28.2. The van der Waals surface area contributed by atoms with Crippen LogP contribution in [0.2, 0.25) is 0 Å². The Hall–Kier alpha value is -5.34. The average molecular weight is 1160 g/mol. The van der Waals surface area contributed by atoms with E-state index in [1.807, 2.05) is 6.07 Å². The molecule has 0 atom stereocenters. The third kappa shape index (κ3) is 14.3. The molecule has 0 aromatic heterocycles. The van der Waals surface area contributed by atoms with Gasteiger partial charge in [-0.05, 0) is 104 Å². The van der Waals surface area contributed by atoms with E-state index < -0.39 is 20.8 Å². The van der Waals surface area contributed by atoms with Gasteiger partial charge in [0.05, 0.1) is 9.52 Å². The van der Waals surface area contributed by atoms with E-state index in [4.69, 9.17) is 17.0 Å². The van der Waals surface area contributed by atoms with Crippen LogP contribution in [0.4, 0.5) is 0 Å². The molecule has 0 fully saturated rings. The molecule has 0 saturated heterocycles. The van der Waals surface area contributed by atoms with Gasteiger partial charge in [0.1, 0.15) is 0 Å². The molecule has 398 valence electrons. The van der Waals surface area contributed by atoms with E-state index in [2.05, 4.69) is 271 Å². The van der Waals surface area contributed by atoms with Gasteiger partial charge in [-0.3, -0.25) is 0 Å². The summed E-state index contributed by atoms with van der Waals surface area (Å²) >= 11 is -0.826. The second-order valence-corrected chi connectivity index (χ2v) is 28.3. The molecule has 1 heterocycles. The maximum absolute atomic E-state index is 4.93. The molecule has 10 aromatic rings. The summed E-state index contributed by atoms with van der Waals surface area (Å²) in [7, 11) is 10.7. The zero-order chi connectivity index (χ0) is 55.6. The van der Waals surface area contributed by atoms with Crippen LogP contribution in [0.3, 0.4) is 0 Å². The molecule has 0 N–H and O–H groups in total. The summed E-state index contributed by atoms with van der Waals surface area (Å²) in [5, 5.41) is 8.29. The normalized spacial score (nSPS) is 11.7. The van der Waals surface area contributed by atoms with E-state index in [-0.39, 0.29) is 0 Å². The van der Waals surface area contributed by atoms with Gasteiger partial charge in [-0.1, -0.05) is 238 Å². The van der Waals surface area contributed by atoms with Crippen LogP contribution in [-0.2, 0) is 33.7 Å². The maximum atomic E-state index is 4.93. The third-order valence-corrected chi connectivity index (χ3v) is 16.3. The van der Waals surface area contributed by atoms with Crippen LogP contribution in [0, 0.1) is 17.9 Å². The van der Waals surface area contributed by atoms with Crippen molar-refractivity contribution in [1.29, 1.82) is 0 Å². The Balaban J connectivity index is 0.000000161. The molecule has 0 bridgehead atoms. The van der Waals surface area contributed by atoms with Gasteiger partial charge in [-0.15, -0.1) is 62.5 Å². The summed E-state index contributed by atoms with van der Waals surface area (Å²) in [5.74, 6) is 3.35. The fourth-order valence-electron chi connectivity index (χ4n) is 10.9. The van der Waals surface area contributed by atoms with Crippen molar-refractivity contribution in [1.82, 2.24) is 0 Å². The Bertz CT molecular complexity index is 3270. The van der Waals surface area contributed by atoms with Gasteiger partial charge in [-0.25, -0.2) is 0 Å². The number of fused-ring (bicyclic) bond motifs is 5.